The molecule has 2 nitrogen and oxygen atoms in total. The molecule has 208 valence electrons. The Balaban J connectivity index is 1.81. The van der Waals surface area contributed by atoms with Gasteiger partial charge in [-0.3, -0.25) is 0 Å². The summed E-state index contributed by atoms with van der Waals surface area (Å²) in [6, 6.07) is 0. The van der Waals surface area contributed by atoms with Crippen LogP contribution in [0, 0.1) is 0 Å². The third-order valence-corrected chi connectivity index (χ3v) is 13.3. The quantitative estimate of drug-likeness (QED) is 0.220. The van der Waals surface area contributed by atoms with Crippen LogP contribution in [0.15, 0.2) is 45.8 Å². The monoisotopic (exact) mass is 524 g/mol. The van der Waals surface area contributed by atoms with Crippen LogP contribution in [-0.4, -0.2) is 20.3 Å². The molecular weight excluding hydrogens is 468 g/mol. The Bertz CT molecular complexity index is 820. The topological polar surface area (TPSA) is 18.5 Å². The average molecular weight is 525 g/mol. The van der Waals surface area contributed by atoms with E-state index in [9.17, 15) is 0 Å². The highest BCUT2D eigenvalue weighted by Crippen LogP contribution is 2.45. The fourth-order valence-electron chi connectivity index (χ4n) is 7.18. The summed E-state index contributed by atoms with van der Waals surface area (Å²) in [5.74, 6) is 0. The van der Waals surface area contributed by atoms with Crippen molar-refractivity contribution in [3.8, 4) is 0 Å². The third-order valence-electron chi connectivity index (χ3n) is 9.12. The van der Waals surface area contributed by atoms with Crippen molar-refractivity contribution in [2.24, 2.45) is 0 Å². The smallest absolute Gasteiger partial charge is 0.386 e. The van der Waals surface area contributed by atoms with Crippen LogP contribution in [0.2, 0.25) is 0 Å². The Morgan fingerprint density at radius 2 is 1.16 bits per heavy atom. The van der Waals surface area contributed by atoms with Gasteiger partial charge in [-0.1, -0.05) is 55.6 Å². The van der Waals surface area contributed by atoms with Gasteiger partial charge in [0.15, 0.2) is 0 Å². The Morgan fingerprint density at radius 3 is 1.76 bits per heavy atom. The van der Waals surface area contributed by atoms with Gasteiger partial charge in [-0.2, -0.15) is 0 Å². The van der Waals surface area contributed by atoms with Gasteiger partial charge in [0.25, 0.3) is 0 Å². The van der Waals surface area contributed by atoms with Crippen molar-refractivity contribution >= 4 is 8.56 Å². The van der Waals surface area contributed by atoms with E-state index < -0.39 is 8.56 Å². The van der Waals surface area contributed by atoms with Gasteiger partial charge >= 0.3 is 8.56 Å². The van der Waals surface area contributed by atoms with E-state index in [1.807, 2.05) is 0 Å². The molecule has 4 rings (SSSR count). The number of allylic oxidation sites excluding steroid dienone is 6. The minimum atomic E-state index is -2.80. The van der Waals surface area contributed by atoms with Crippen LogP contribution in [-0.2, 0) is 8.85 Å². The normalized spacial score (nSPS) is 24.4. The molecule has 0 fully saturated rings. The SMILES string of the molecule is CC(C)O[Si](OC(C)(CC1=CCCCCC1)C1=CCCCCC1)(C1=CCCCCC1)C1=CCCCCC1. The van der Waals surface area contributed by atoms with Crippen LogP contribution >= 0.6 is 0 Å². The first-order chi connectivity index (χ1) is 18.0. The summed E-state index contributed by atoms with van der Waals surface area (Å²) in [4.78, 5) is 0. The second kappa shape index (κ2) is 14.5. The maximum Gasteiger partial charge on any atom is 0.399 e. The maximum absolute atomic E-state index is 7.94. The Labute approximate surface area is 230 Å². The molecule has 0 saturated heterocycles. The van der Waals surface area contributed by atoms with Gasteiger partial charge in [0, 0.05) is 6.10 Å². The van der Waals surface area contributed by atoms with E-state index in [0.717, 1.165) is 19.3 Å². The van der Waals surface area contributed by atoms with Crippen LogP contribution < -0.4 is 0 Å². The molecule has 0 aromatic heterocycles. The Kier molecular flexibility index (Phi) is 11.4. The van der Waals surface area contributed by atoms with Crippen molar-refractivity contribution in [3.63, 3.8) is 0 Å². The summed E-state index contributed by atoms with van der Waals surface area (Å²) in [6.07, 6.45) is 37.0. The first-order valence-electron chi connectivity index (χ1n) is 16.2. The largest absolute Gasteiger partial charge is 0.399 e. The maximum atomic E-state index is 7.94. The summed E-state index contributed by atoms with van der Waals surface area (Å²) in [5, 5.41) is 3.12. The summed E-state index contributed by atoms with van der Waals surface area (Å²) >= 11 is 0. The van der Waals surface area contributed by atoms with Crippen molar-refractivity contribution in [2.45, 2.75) is 167 Å². The standard InChI is InChI=1S/C34H56O2Si/c1-29(2)35-37(32-24-16-8-9-17-25-32,33-26-18-10-11-19-27-33)36-34(3,31-22-14-6-7-15-23-31)28-30-20-12-4-5-13-21-30/h20,22,24,26,29H,4-19,21,23,25,27-28H2,1-3H3. The molecule has 4 aliphatic carbocycles. The molecule has 0 saturated carbocycles. The molecule has 0 aromatic carbocycles. The molecule has 0 aromatic rings. The summed E-state index contributed by atoms with van der Waals surface area (Å²) in [6.45, 7) is 6.96. The van der Waals surface area contributed by atoms with Gasteiger partial charge in [0.05, 0.1) is 5.60 Å². The summed E-state index contributed by atoms with van der Waals surface area (Å²) in [7, 11) is -2.80. The minimum absolute atomic E-state index is 0.171. The lowest BCUT2D eigenvalue weighted by Crippen LogP contribution is -2.55. The number of rotatable bonds is 9. The molecule has 0 heterocycles. The molecule has 1 atom stereocenters. The highest BCUT2D eigenvalue weighted by Gasteiger charge is 2.52. The van der Waals surface area contributed by atoms with E-state index in [1.54, 1.807) is 21.5 Å². The van der Waals surface area contributed by atoms with Gasteiger partial charge in [-0.05, 0) is 146 Å². The van der Waals surface area contributed by atoms with Crippen molar-refractivity contribution in [1.82, 2.24) is 0 Å². The minimum Gasteiger partial charge on any atom is -0.386 e. The van der Waals surface area contributed by atoms with Gasteiger partial charge in [0.1, 0.15) is 0 Å². The van der Waals surface area contributed by atoms with Crippen molar-refractivity contribution in [1.29, 1.82) is 0 Å². The Morgan fingerprint density at radius 1 is 0.649 bits per heavy atom. The van der Waals surface area contributed by atoms with E-state index in [0.29, 0.717) is 0 Å². The van der Waals surface area contributed by atoms with E-state index in [-0.39, 0.29) is 11.7 Å². The first-order valence-corrected chi connectivity index (χ1v) is 18.0. The van der Waals surface area contributed by atoms with Crippen molar-refractivity contribution in [3.05, 3.63) is 45.8 Å². The van der Waals surface area contributed by atoms with E-state index >= 15 is 0 Å². The molecule has 0 spiro atoms. The molecule has 1 unspecified atom stereocenters. The predicted octanol–water partition coefficient (Wildman–Crippen LogP) is 10.7. The van der Waals surface area contributed by atoms with Crippen LogP contribution in [0.5, 0.6) is 0 Å². The summed E-state index contributed by atoms with van der Waals surface area (Å²) < 4.78 is 15.2. The first kappa shape index (κ1) is 29.1. The molecule has 0 aliphatic heterocycles. The molecule has 37 heavy (non-hydrogen) atoms. The highest BCUT2D eigenvalue weighted by molar-refractivity contribution is 6.82. The number of hydrogen-bond donors (Lipinski definition) is 0. The molecule has 0 bridgehead atoms. The third kappa shape index (κ3) is 8.05. The lowest BCUT2D eigenvalue weighted by molar-refractivity contribution is 0.0532. The molecule has 0 radical (unpaired) electrons. The molecule has 4 aliphatic rings. The van der Waals surface area contributed by atoms with Crippen molar-refractivity contribution < 1.29 is 8.85 Å². The van der Waals surface area contributed by atoms with Crippen LogP contribution in [0.3, 0.4) is 0 Å². The predicted molar refractivity (Wildman–Crippen MR) is 161 cm³/mol. The highest BCUT2D eigenvalue weighted by atomic mass is 28.4. The average Bonchev–Trinajstić information content (AvgIpc) is 3.48. The zero-order valence-corrected chi connectivity index (χ0v) is 25.6. The fraction of sp³-hybridized carbons (Fsp3) is 0.765. The van der Waals surface area contributed by atoms with Crippen LogP contribution in [0.1, 0.15) is 156 Å². The molecule has 3 heteroatoms. The van der Waals surface area contributed by atoms with E-state index in [2.05, 4.69) is 45.1 Å². The zero-order chi connectivity index (χ0) is 26.0. The van der Waals surface area contributed by atoms with Gasteiger partial charge < -0.3 is 8.85 Å². The second-order valence-electron chi connectivity index (χ2n) is 12.7. The van der Waals surface area contributed by atoms with Crippen LogP contribution in [0.4, 0.5) is 0 Å². The van der Waals surface area contributed by atoms with Gasteiger partial charge in [-0.15, -0.1) is 0 Å². The summed E-state index contributed by atoms with van der Waals surface area (Å²) in [5.41, 5.74) is 2.94. The van der Waals surface area contributed by atoms with Crippen LogP contribution in [0.25, 0.3) is 0 Å². The lowest BCUT2D eigenvalue weighted by Gasteiger charge is -2.45. The Hall–Kier alpha value is -0.903. The van der Waals surface area contributed by atoms with Gasteiger partial charge in [0.2, 0.25) is 0 Å². The lowest BCUT2D eigenvalue weighted by atomic mass is 9.85. The van der Waals surface area contributed by atoms with Crippen molar-refractivity contribution in [2.75, 3.05) is 0 Å². The molecule has 0 amide bonds. The fourth-order valence-corrected chi connectivity index (χ4v) is 11.5. The van der Waals surface area contributed by atoms with E-state index in [4.69, 9.17) is 8.85 Å². The molecular formula is C34H56O2Si. The number of hydrogen-bond acceptors (Lipinski definition) is 2. The second-order valence-corrected chi connectivity index (χ2v) is 15.7. The molecule has 0 N–H and O–H groups in total. The van der Waals surface area contributed by atoms with Gasteiger partial charge in [-0.25, -0.2) is 0 Å². The van der Waals surface area contributed by atoms with E-state index in [1.165, 1.54) is 116 Å². The zero-order valence-electron chi connectivity index (χ0n) is 24.6.